The first-order valence-electron chi connectivity index (χ1n) is 4.93. The molecule has 0 bridgehead atoms. The lowest BCUT2D eigenvalue weighted by molar-refractivity contribution is 0.543. The van der Waals surface area contributed by atoms with Crippen LogP contribution in [0.15, 0.2) is 24.4 Å². The first-order chi connectivity index (χ1) is 6.38. The Morgan fingerprint density at radius 1 is 1.31 bits per heavy atom. The summed E-state index contributed by atoms with van der Waals surface area (Å²) < 4.78 is 0.626. The topological polar surface area (TPSA) is 12.9 Å². The molecule has 1 fully saturated rings. The summed E-state index contributed by atoms with van der Waals surface area (Å²) in [4.78, 5) is 4.42. The molecule has 1 nitrogen and oxygen atoms in total. The molecule has 0 spiro atoms. The van der Waals surface area contributed by atoms with Crippen LogP contribution in [0.4, 0.5) is 0 Å². The second-order valence-electron chi connectivity index (χ2n) is 3.70. The number of alkyl halides is 1. The lowest BCUT2D eigenvalue weighted by Gasteiger charge is -2.15. The molecule has 70 valence electrons. The molecule has 1 aliphatic carbocycles. The molecule has 0 radical (unpaired) electrons. The van der Waals surface area contributed by atoms with Crippen molar-refractivity contribution >= 4 is 22.6 Å². The lowest BCUT2D eigenvalue weighted by Crippen LogP contribution is -2.04. The molecule has 1 heterocycles. The summed E-state index contributed by atoms with van der Waals surface area (Å²) in [5, 5.41) is 0. The van der Waals surface area contributed by atoms with Crippen molar-refractivity contribution in [1.82, 2.24) is 4.98 Å². The van der Waals surface area contributed by atoms with Gasteiger partial charge in [-0.3, -0.25) is 4.98 Å². The molecule has 1 unspecified atom stereocenters. The Kier molecular flexibility index (Phi) is 3.19. The highest BCUT2D eigenvalue weighted by Gasteiger charge is 2.24. The van der Waals surface area contributed by atoms with E-state index in [0.717, 1.165) is 5.92 Å². The summed E-state index contributed by atoms with van der Waals surface area (Å²) in [5.74, 6) is 0.871. The Morgan fingerprint density at radius 3 is 2.69 bits per heavy atom. The average Bonchev–Trinajstić information content (AvgIpc) is 2.71. The molecule has 1 aliphatic rings. The van der Waals surface area contributed by atoms with Crippen molar-refractivity contribution in [2.24, 2.45) is 5.92 Å². The smallest absolute Gasteiger partial charge is 0.0560 e. The van der Waals surface area contributed by atoms with Crippen LogP contribution in [-0.2, 0) is 0 Å². The molecule has 0 N–H and O–H groups in total. The molecule has 1 aromatic heterocycles. The molecule has 1 saturated carbocycles. The van der Waals surface area contributed by atoms with Gasteiger partial charge in [0.15, 0.2) is 0 Å². The highest BCUT2D eigenvalue weighted by molar-refractivity contribution is 14.1. The maximum absolute atomic E-state index is 4.42. The van der Waals surface area contributed by atoms with E-state index in [-0.39, 0.29) is 0 Å². The zero-order valence-corrected chi connectivity index (χ0v) is 9.78. The molecular weight excluding hydrogens is 273 g/mol. The van der Waals surface area contributed by atoms with Gasteiger partial charge < -0.3 is 0 Å². The normalized spacial score (nSPS) is 20.4. The van der Waals surface area contributed by atoms with Gasteiger partial charge in [0.05, 0.1) is 9.62 Å². The quantitative estimate of drug-likeness (QED) is 0.596. The predicted molar refractivity (Wildman–Crippen MR) is 63.0 cm³/mol. The number of rotatable bonds is 2. The van der Waals surface area contributed by atoms with Crippen LogP contribution in [0.25, 0.3) is 0 Å². The van der Waals surface area contributed by atoms with Gasteiger partial charge in [0, 0.05) is 6.20 Å². The van der Waals surface area contributed by atoms with Gasteiger partial charge in [0.2, 0.25) is 0 Å². The minimum absolute atomic E-state index is 0.626. The van der Waals surface area contributed by atoms with Gasteiger partial charge in [-0.25, -0.2) is 0 Å². The van der Waals surface area contributed by atoms with Gasteiger partial charge in [-0.05, 0) is 30.9 Å². The number of hydrogen-bond donors (Lipinski definition) is 0. The van der Waals surface area contributed by atoms with Crippen molar-refractivity contribution in [2.75, 3.05) is 0 Å². The predicted octanol–water partition coefficient (Wildman–Crippen LogP) is 3.75. The fourth-order valence-corrected chi connectivity index (χ4v) is 3.12. The van der Waals surface area contributed by atoms with Crippen LogP contribution in [0.2, 0.25) is 0 Å². The number of pyridine rings is 1. The van der Waals surface area contributed by atoms with E-state index in [9.17, 15) is 0 Å². The Labute approximate surface area is 93.1 Å². The lowest BCUT2D eigenvalue weighted by atomic mass is 10.0. The van der Waals surface area contributed by atoms with Crippen LogP contribution in [0.3, 0.4) is 0 Å². The SMILES string of the molecule is IC(c1ccccn1)C1CCCC1. The number of aromatic nitrogens is 1. The Morgan fingerprint density at radius 2 is 2.08 bits per heavy atom. The second kappa shape index (κ2) is 4.40. The average molecular weight is 287 g/mol. The highest BCUT2D eigenvalue weighted by Crippen LogP contribution is 2.40. The minimum atomic E-state index is 0.626. The Bertz CT molecular complexity index is 254. The van der Waals surface area contributed by atoms with E-state index >= 15 is 0 Å². The molecule has 0 aromatic carbocycles. The van der Waals surface area contributed by atoms with Gasteiger partial charge in [-0.1, -0.05) is 41.5 Å². The Hall–Kier alpha value is -0.120. The molecule has 1 aromatic rings. The minimum Gasteiger partial charge on any atom is -0.260 e. The van der Waals surface area contributed by atoms with Crippen LogP contribution >= 0.6 is 22.6 Å². The molecule has 1 atom stereocenters. The van der Waals surface area contributed by atoms with Crippen molar-refractivity contribution in [3.63, 3.8) is 0 Å². The number of halogens is 1. The van der Waals surface area contributed by atoms with Crippen LogP contribution in [0.5, 0.6) is 0 Å². The standard InChI is InChI=1S/C11H14IN/c12-11(9-5-1-2-6-9)10-7-3-4-8-13-10/h3-4,7-9,11H,1-2,5-6H2. The van der Waals surface area contributed by atoms with E-state index in [4.69, 9.17) is 0 Å². The zero-order chi connectivity index (χ0) is 9.10. The highest BCUT2D eigenvalue weighted by atomic mass is 127. The molecule has 2 heteroatoms. The van der Waals surface area contributed by atoms with Gasteiger partial charge in [-0.2, -0.15) is 0 Å². The first-order valence-corrected chi connectivity index (χ1v) is 6.17. The largest absolute Gasteiger partial charge is 0.260 e. The van der Waals surface area contributed by atoms with Gasteiger partial charge >= 0.3 is 0 Å². The molecule has 0 saturated heterocycles. The van der Waals surface area contributed by atoms with Gasteiger partial charge in [-0.15, -0.1) is 0 Å². The molecule has 2 rings (SSSR count). The van der Waals surface area contributed by atoms with Crippen molar-refractivity contribution in [3.05, 3.63) is 30.1 Å². The number of hydrogen-bond acceptors (Lipinski definition) is 1. The van der Waals surface area contributed by atoms with E-state index in [2.05, 4.69) is 39.7 Å². The third kappa shape index (κ3) is 2.22. The van der Waals surface area contributed by atoms with E-state index in [1.807, 2.05) is 12.3 Å². The number of nitrogens with zero attached hydrogens (tertiary/aromatic N) is 1. The fourth-order valence-electron chi connectivity index (χ4n) is 2.03. The molecule has 0 aliphatic heterocycles. The summed E-state index contributed by atoms with van der Waals surface area (Å²) >= 11 is 2.55. The summed E-state index contributed by atoms with van der Waals surface area (Å²) in [5.41, 5.74) is 1.26. The van der Waals surface area contributed by atoms with Crippen LogP contribution in [0.1, 0.15) is 35.3 Å². The van der Waals surface area contributed by atoms with Gasteiger partial charge in [0.25, 0.3) is 0 Å². The van der Waals surface area contributed by atoms with Crippen LogP contribution in [-0.4, -0.2) is 4.98 Å². The first kappa shape index (κ1) is 9.44. The van der Waals surface area contributed by atoms with Crippen LogP contribution < -0.4 is 0 Å². The third-order valence-corrected chi connectivity index (χ3v) is 4.44. The van der Waals surface area contributed by atoms with E-state index in [1.165, 1.54) is 31.4 Å². The molecule has 13 heavy (non-hydrogen) atoms. The molecular formula is C11H14IN. The maximum atomic E-state index is 4.42. The van der Waals surface area contributed by atoms with E-state index < -0.39 is 0 Å². The summed E-state index contributed by atoms with van der Waals surface area (Å²) in [6.07, 6.45) is 7.51. The zero-order valence-electron chi connectivity index (χ0n) is 7.62. The summed E-state index contributed by atoms with van der Waals surface area (Å²) in [7, 11) is 0. The second-order valence-corrected chi connectivity index (χ2v) is 5.04. The van der Waals surface area contributed by atoms with Crippen molar-refractivity contribution < 1.29 is 0 Å². The Balaban J connectivity index is 2.08. The summed E-state index contributed by atoms with van der Waals surface area (Å²) in [6, 6.07) is 6.22. The summed E-state index contributed by atoms with van der Waals surface area (Å²) in [6.45, 7) is 0. The third-order valence-electron chi connectivity index (χ3n) is 2.78. The van der Waals surface area contributed by atoms with Crippen molar-refractivity contribution in [2.45, 2.75) is 29.6 Å². The molecule has 0 amide bonds. The van der Waals surface area contributed by atoms with Crippen molar-refractivity contribution in [3.8, 4) is 0 Å². The fraction of sp³-hybridized carbons (Fsp3) is 0.545. The van der Waals surface area contributed by atoms with Crippen LogP contribution in [0, 0.1) is 5.92 Å². The maximum Gasteiger partial charge on any atom is 0.0560 e. The van der Waals surface area contributed by atoms with E-state index in [0.29, 0.717) is 3.92 Å². The van der Waals surface area contributed by atoms with Crippen molar-refractivity contribution in [1.29, 1.82) is 0 Å². The van der Waals surface area contributed by atoms with Gasteiger partial charge in [0.1, 0.15) is 0 Å². The van der Waals surface area contributed by atoms with E-state index in [1.54, 1.807) is 0 Å². The monoisotopic (exact) mass is 287 g/mol.